The molecule has 0 bridgehead atoms. The van der Waals surface area contributed by atoms with Gasteiger partial charge in [-0.3, -0.25) is 0 Å². The SMILES string of the molecule is COc1ccc(NC2COC2)nc1. The van der Waals surface area contributed by atoms with Gasteiger partial charge in [0, 0.05) is 0 Å². The van der Waals surface area contributed by atoms with Crippen LogP contribution < -0.4 is 10.1 Å². The number of nitrogens with one attached hydrogen (secondary N) is 1. The Labute approximate surface area is 76.9 Å². The van der Waals surface area contributed by atoms with Crippen LogP contribution in [0.25, 0.3) is 0 Å². The molecule has 2 heterocycles. The number of rotatable bonds is 3. The first kappa shape index (κ1) is 8.31. The zero-order valence-electron chi connectivity index (χ0n) is 7.49. The molecule has 1 saturated heterocycles. The average molecular weight is 180 g/mol. The second kappa shape index (κ2) is 3.62. The number of anilines is 1. The van der Waals surface area contributed by atoms with Crippen molar-refractivity contribution in [1.29, 1.82) is 0 Å². The summed E-state index contributed by atoms with van der Waals surface area (Å²) in [5.41, 5.74) is 0. The van der Waals surface area contributed by atoms with Crippen LogP contribution in [0.15, 0.2) is 18.3 Å². The molecule has 0 aliphatic carbocycles. The van der Waals surface area contributed by atoms with Gasteiger partial charge in [0.05, 0.1) is 32.6 Å². The molecule has 0 radical (unpaired) electrons. The molecule has 1 aliphatic heterocycles. The molecule has 13 heavy (non-hydrogen) atoms. The van der Waals surface area contributed by atoms with Crippen LogP contribution >= 0.6 is 0 Å². The van der Waals surface area contributed by atoms with Gasteiger partial charge in [-0.05, 0) is 12.1 Å². The molecule has 0 aromatic carbocycles. The van der Waals surface area contributed by atoms with E-state index in [1.807, 2.05) is 12.1 Å². The van der Waals surface area contributed by atoms with E-state index in [2.05, 4.69) is 10.3 Å². The fourth-order valence-corrected chi connectivity index (χ4v) is 1.11. The molecular formula is C9H12N2O2. The van der Waals surface area contributed by atoms with Gasteiger partial charge < -0.3 is 14.8 Å². The van der Waals surface area contributed by atoms with E-state index >= 15 is 0 Å². The van der Waals surface area contributed by atoms with Crippen molar-refractivity contribution in [2.75, 3.05) is 25.6 Å². The molecule has 1 aliphatic rings. The van der Waals surface area contributed by atoms with E-state index in [0.29, 0.717) is 6.04 Å². The summed E-state index contributed by atoms with van der Waals surface area (Å²) in [5.74, 6) is 1.64. The van der Waals surface area contributed by atoms with Gasteiger partial charge in [-0.25, -0.2) is 4.98 Å². The van der Waals surface area contributed by atoms with Crippen LogP contribution in [0.5, 0.6) is 5.75 Å². The Balaban J connectivity index is 1.96. The Morgan fingerprint density at radius 3 is 2.85 bits per heavy atom. The maximum atomic E-state index is 5.04. The summed E-state index contributed by atoms with van der Waals surface area (Å²) in [6.07, 6.45) is 1.70. The molecular weight excluding hydrogens is 168 g/mol. The van der Waals surface area contributed by atoms with Gasteiger partial charge in [0.2, 0.25) is 0 Å². The first-order valence-corrected chi connectivity index (χ1v) is 4.23. The summed E-state index contributed by atoms with van der Waals surface area (Å²) in [7, 11) is 1.63. The van der Waals surface area contributed by atoms with Crippen molar-refractivity contribution in [3.05, 3.63) is 18.3 Å². The summed E-state index contributed by atoms with van der Waals surface area (Å²) in [5, 5.41) is 3.24. The van der Waals surface area contributed by atoms with Crippen molar-refractivity contribution < 1.29 is 9.47 Å². The summed E-state index contributed by atoms with van der Waals surface area (Å²) in [6.45, 7) is 1.54. The van der Waals surface area contributed by atoms with Crippen molar-refractivity contribution in [1.82, 2.24) is 4.98 Å². The second-order valence-corrected chi connectivity index (χ2v) is 2.96. The maximum absolute atomic E-state index is 5.04. The van der Waals surface area contributed by atoms with E-state index in [-0.39, 0.29) is 0 Å². The van der Waals surface area contributed by atoms with Gasteiger partial charge in [-0.15, -0.1) is 0 Å². The van der Waals surface area contributed by atoms with Crippen LogP contribution in [0, 0.1) is 0 Å². The van der Waals surface area contributed by atoms with E-state index in [4.69, 9.17) is 9.47 Å². The van der Waals surface area contributed by atoms with Crippen LogP contribution in [-0.2, 0) is 4.74 Å². The summed E-state index contributed by atoms with van der Waals surface area (Å²) < 4.78 is 10.0. The molecule has 70 valence electrons. The quantitative estimate of drug-likeness (QED) is 0.750. The van der Waals surface area contributed by atoms with E-state index < -0.39 is 0 Å². The molecule has 0 atom stereocenters. The van der Waals surface area contributed by atoms with Crippen LogP contribution in [0.3, 0.4) is 0 Å². The molecule has 0 amide bonds. The molecule has 1 N–H and O–H groups in total. The Morgan fingerprint density at radius 2 is 2.38 bits per heavy atom. The van der Waals surface area contributed by atoms with E-state index in [1.165, 1.54) is 0 Å². The van der Waals surface area contributed by atoms with Gasteiger partial charge in [-0.1, -0.05) is 0 Å². The number of hydrogen-bond donors (Lipinski definition) is 1. The lowest BCUT2D eigenvalue weighted by Crippen LogP contribution is -2.40. The summed E-state index contributed by atoms with van der Waals surface area (Å²) >= 11 is 0. The van der Waals surface area contributed by atoms with E-state index in [1.54, 1.807) is 13.3 Å². The zero-order chi connectivity index (χ0) is 9.10. The van der Waals surface area contributed by atoms with E-state index in [0.717, 1.165) is 24.8 Å². The van der Waals surface area contributed by atoms with Gasteiger partial charge in [-0.2, -0.15) is 0 Å². The number of nitrogens with zero attached hydrogens (tertiary/aromatic N) is 1. The number of hydrogen-bond acceptors (Lipinski definition) is 4. The Morgan fingerprint density at radius 1 is 1.54 bits per heavy atom. The summed E-state index contributed by atoms with van der Waals surface area (Å²) in [4.78, 5) is 4.18. The predicted molar refractivity (Wildman–Crippen MR) is 49.0 cm³/mol. The number of ether oxygens (including phenoxy) is 2. The van der Waals surface area contributed by atoms with Crippen molar-refractivity contribution in [2.24, 2.45) is 0 Å². The second-order valence-electron chi connectivity index (χ2n) is 2.96. The third-order valence-corrected chi connectivity index (χ3v) is 1.96. The lowest BCUT2D eigenvalue weighted by molar-refractivity contribution is 0.0209. The van der Waals surface area contributed by atoms with Gasteiger partial charge in [0.25, 0.3) is 0 Å². The minimum absolute atomic E-state index is 0.417. The number of methoxy groups -OCH3 is 1. The number of aromatic nitrogens is 1. The molecule has 2 rings (SSSR count). The molecule has 0 saturated carbocycles. The highest BCUT2D eigenvalue weighted by Gasteiger charge is 2.17. The maximum Gasteiger partial charge on any atom is 0.137 e. The first-order chi connectivity index (χ1) is 6.38. The monoisotopic (exact) mass is 180 g/mol. The van der Waals surface area contributed by atoms with Gasteiger partial charge in [0.1, 0.15) is 11.6 Å². The molecule has 1 aromatic rings. The topological polar surface area (TPSA) is 43.4 Å². The molecule has 0 spiro atoms. The lowest BCUT2D eigenvalue weighted by atomic mass is 10.2. The molecule has 4 nitrogen and oxygen atoms in total. The van der Waals surface area contributed by atoms with Crippen molar-refractivity contribution in [2.45, 2.75) is 6.04 Å². The van der Waals surface area contributed by atoms with E-state index in [9.17, 15) is 0 Å². The van der Waals surface area contributed by atoms with Crippen molar-refractivity contribution >= 4 is 5.82 Å². The largest absolute Gasteiger partial charge is 0.495 e. The van der Waals surface area contributed by atoms with Crippen LogP contribution in [0.4, 0.5) is 5.82 Å². The molecule has 1 fully saturated rings. The van der Waals surface area contributed by atoms with Crippen LogP contribution in [0.2, 0.25) is 0 Å². The fourth-order valence-electron chi connectivity index (χ4n) is 1.11. The lowest BCUT2D eigenvalue weighted by Gasteiger charge is -2.27. The third kappa shape index (κ3) is 1.89. The van der Waals surface area contributed by atoms with Crippen LogP contribution in [0.1, 0.15) is 0 Å². The third-order valence-electron chi connectivity index (χ3n) is 1.96. The predicted octanol–water partition coefficient (Wildman–Crippen LogP) is 0.901. The minimum atomic E-state index is 0.417. The number of pyridine rings is 1. The Hall–Kier alpha value is -1.29. The van der Waals surface area contributed by atoms with Gasteiger partial charge in [0.15, 0.2) is 0 Å². The normalized spacial score (nSPS) is 16.4. The highest BCUT2D eigenvalue weighted by atomic mass is 16.5. The Bertz CT molecular complexity index is 269. The van der Waals surface area contributed by atoms with Crippen LogP contribution in [-0.4, -0.2) is 31.3 Å². The zero-order valence-corrected chi connectivity index (χ0v) is 7.49. The van der Waals surface area contributed by atoms with Gasteiger partial charge >= 0.3 is 0 Å². The average Bonchev–Trinajstić information content (AvgIpc) is 2.12. The molecule has 1 aromatic heterocycles. The standard InChI is InChI=1S/C9H12N2O2/c1-12-8-2-3-9(10-4-8)11-7-5-13-6-7/h2-4,7H,5-6H2,1H3,(H,10,11). The fraction of sp³-hybridized carbons (Fsp3) is 0.444. The Kier molecular flexibility index (Phi) is 2.31. The molecule has 0 unspecified atom stereocenters. The smallest absolute Gasteiger partial charge is 0.137 e. The minimum Gasteiger partial charge on any atom is -0.495 e. The summed E-state index contributed by atoms with van der Waals surface area (Å²) in [6, 6.07) is 4.20. The molecule has 4 heteroatoms. The first-order valence-electron chi connectivity index (χ1n) is 4.23. The highest BCUT2D eigenvalue weighted by molar-refractivity contribution is 5.38. The highest BCUT2D eigenvalue weighted by Crippen LogP contribution is 2.13. The van der Waals surface area contributed by atoms with Crippen molar-refractivity contribution in [3.8, 4) is 5.75 Å². The van der Waals surface area contributed by atoms with Crippen molar-refractivity contribution in [3.63, 3.8) is 0 Å².